The summed E-state index contributed by atoms with van der Waals surface area (Å²) >= 11 is 0. The molecule has 2 aromatic rings. The number of para-hydroxylation sites is 1. The highest BCUT2D eigenvalue weighted by Crippen LogP contribution is 2.27. The van der Waals surface area contributed by atoms with Gasteiger partial charge < -0.3 is 15.7 Å². The van der Waals surface area contributed by atoms with Crippen LogP contribution >= 0.6 is 0 Å². The number of carbonyl (C=O) groups excluding carboxylic acids is 1. The van der Waals surface area contributed by atoms with Crippen LogP contribution in [-0.2, 0) is 0 Å². The van der Waals surface area contributed by atoms with E-state index in [4.69, 9.17) is 5.11 Å². The van der Waals surface area contributed by atoms with Gasteiger partial charge >= 0.3 is 6.03 Å². The van der Waals surface area contributed by atoms with Gasteiger partial charge in [-0.15, -0.1) is 0 Å². The molecule has 0 saturated heterocycles. The Bertz CT molecular complexity index is 541. The number of benzene rings is 2. The highest BCUT2D eigenvalue weighted by atomic mass is 16.3. The summed E-state index contributed by atoms with van der Waals surface area (Å²) in [5.74, 6) is 0. The van der Waals surface area contributed by atoms with Crippen LogP contribution in [0.2, 0.25) is 0 Å². The van der Waals surface area contributed by atoms with Gasteiger partial charge in [0.25, 0.3) is 0 Å². The molecule has 98 valence electrons. The number of aliphatic hydroxyl groups excluding tert-OH is 1. The molecule has 2 amide bonds. The van der Waals surface area contributed by atoms with E-state index in [1.807, 2.05) is 54.6 Å². The fraction of sp³-hybridized carbons (Fsp3) is 0.133. The predicted octanol–water partition coefficient (Wildman–Crippen LogP) is 2.47. The Labute approximate surface area is 112 Å². The molecule has 0 fully saturated rings. The lowest BCUT2D eigenvalue weighted by Gasteiger charge is -2.11. The third-order valence-electron chi connectivity index (χ3n) is 2.66. The Balaban J connectivity index is 2.20. The van der Waals surface area contributed by atoms with Crippen molar-refractivity contribution in [2.45, 2.75) is 0 Å². The number of amides is 2. The first kappa shape index (κ1) is 13.1. The van der Waals surface area contributed by atoms with E-state index in [-0.39, 0.29) is 19.2 Å². The van der Waals surface area contributed by atoms with Gasteiger partial charge in [-0.25, -0.2) is 4.79 Å². The molecule has 4 nitrogen and oxygen atoms in total. The lowest BCUT2D eigenvalue weighted by molar-refractivity contribution is 0.245. The zero-order valence-corrected chi connectivity index (χ0v) is 10.5. The van der Waals surface area contributed by atoms with Crippen LogP contribution in [0.4, 0.5) is 10.5 Å². The standard InChI is InChI=1S/C15H16N2O2/c18-11-10-16-15(19)17-14-9-5-4-8-13(14)12-6-2-1-3-7-12/h1-9,18H,10-11H2,(H2,16,17,19). The molecule has 0 unspecified atom stereocenters. The van der Waals surface area contributed by atoms with Gasteiger partial charge in [0.05, 0.1) is 12.3 Å². The zero-order chi connectivity index (χ0) is 13.5. The average Bonchev–Trinajstić information content (AvgIpc) is 2.46. The quantitative estimate of drug-likeness (QED) is 0.787. The monoisotopic (exact) mass is 256 g/mol. The number of aliphatic hydroxyl groups is 1. The second-order valence-electron chi connectivity index (χ2n) is 4.02. The minimum atomic E-state index is -0.322. The average molecular weight is 256 g/mol. The van der Waals surface area contributed by atoms with Crippen molar-refractivity contribution >= 4 is 11.7 Å². The molecule has 0 radical (unpaired) electrons. The van der Waals surface area contributed by atoms with Gasteiger partial charge in [0.1, 0.15) is 0 Å². The molecule has 0 bridgehead atoms. The van der Waals surface area contributed by atoms with Crippen LogP contribution < -0.4 is 10.6 Å². The smallest absolute Gasteiger partial charge is 0.319 e. The summed E-state index contributed by atoms with van der Waals surface area (Å²) < 4.78 is 0. The first-order valence-corrected chi connectivity index (χ1v) is 6.11. The number of hydrogen-bond acceptors (Lipinski definition) is 2. The molecular weight excluding hydrogens is 240 g/mol. The van der Waals surface area contributed by atoms with E-state index in [0.717, 1.165) is 16.8 Å². The van der Waals surface area contributed by atoms with Crippen LogP contribution in [-0.4, -0.2) is 24.3 Å². The normalized spacial score (nSPS) is 9.95. The summed E-state index contributed by atoms with van der Waals surface area (Å²) in [5.41, 5.74) is 2.74. The largest absolute Gasteiger partial charge is 0.395 e. The number of rotatable bonds is 4. The van der Waals surface area contributed by atoms with Crippen molar-refractivity contribution in [3.8, 4) is 11.1 Å². The predicted molar refractivity (Wildman–Crippen MR) is 76.0 cm³/mol. The molecule has 3 N–H and O–H groups in total. The number of nitrogens with one attached hydrogen (secondary N) is 2. The highest BCUT2D eigenvalue weighted by molar-refractivity contribution is 5.94. The maximum Gasteiger partial charge on any atom is 0.319 e. The topological polar surface area (TPSA) is 61.4 Å². The maximum atomic E-state index is 11.6. The van der Waals surface area contributed by atoms with E-state index in [2.05, 4.69) is 10.6 Å². The molecule has 2 rings (SSSR count). The van der Waals surface area contributed by atoms with Crippen LogP contribution in [0.3, 0.4) is 0 Å². The minimum Gasteiger partial charge on any atom is -0.395 e. The molecule has 0 saturated carbocycles. The van der Waals surface area contributed by atoms with Crippen molar-refractivity contribution in [3.63, 3.8) is 0 Å². The second-order valence-corrected chi connectivity index (χ2v) is 4.02. The zero-order valence-electron chi connectivity index (χ0n) is 10.5. The molecule has 0 aliphatic heterocycles. The van der Waals surface area contributed by atoms with Gasteiger partial charge in [-0.1, -0.05) is 48.5 Å². The Hall–Kier alpha value is -2.33. The highest BCUT2D eigenvalue weighted by Gasteiger charge is 2.06. The van der Waals surface area contributed by atoms with E-state index in [1.165, 1.54) is 0 Å². The number of urea groups is 1. The Morgan fingerprint density at radius 1 is 1.00 bits per heavy atom. The van der Waals surface area contributed by atoms with Gasteiger partial charge in [0.15, 0.2) is 0 Å². The maximum absolute atomic E-state index is 11.6. The molecule has 4 heteroatoms. The molecule has 0 aliphatic rings. The minimum absolute atomic E-state index is 0.0756. The van der Waals surface area contributed by atoms with Gasteiger partial charge in [-0.05, 0) is 11.6 Å². The summed E-state index contributed by atoms with van der Waals surface area (Å²) in [6.07, 6.45) is 0. The van der Waals surface area contributed by atoms with E-state index in [9.17, 15) is 4.79 Å². The van der Waals surface area contributed by atoms with Crippen LogP contribution in [0.1, 0.15) is 0 Å². The van der Waals surface area contributed by atoms with E-state index >= 15 is 0 Å². The number of hydrogen-bond donors (Lipinski definition) is 3. The van der Waals surface area contributed by atoms with Crippen LogP contribution in [0, 0.1) is 0 Å². The molecule has 19 heavy (non-hydrogen) atoms. The summed E-state index contributed by atoms with van der Waals surface area (Å²) in [5, 5.41) is 14.0. The Morgan fingerprint density at radius 3 is 2.42 bits per heavy atom. The van der Waals surface area contributed by atoms with Crippen LogP contribution in [0.25, 0.3) is 11.1 Å². The molecule has 0 atom stereocenters. The molecular formula is C15H16N2O2. The summed E-state index contributed by atoms with van der Waals surface area (Å²) in [6, 6.07) is 17.1. The van der Waals surface area contributed by atoms with Gasteiger partial charge in [0, 0.05) is 12.1 Å². The van der Waals surface area contributed by atoms with Crippen molar-refractivity contribution in [3.05, 3.63) is 54.6 Å². The van der Waals surface area contributed by atoms with Crippen molar-refractivity contribution in [2.75, 3.05) is 18.5 Å². The Morgan fingerprint density at radius 2 is 1.68 bits per heavy atom. The first-order valence-electron chi connectivity index (χ1n) is 6.11. The van der Waals surface area contributed by atoms with Crippen molar-refractivity contribution in [2.24, 2.45) is 0 Å². The van der Waals surface area contributed by atoms with Gasteiger partial charge in [0.2, 0.25) is 0 Å². The molecule has 0 aromatic heterocycles. The first-order chi connectivity index (χ1) is 9.31. The van der Waals surface area contributed by atoms with Gasteiger partial charge in [-0.3, -0.25) is 0 Å². The summed E-state index contributed by atoms with van der Waals surface area (Å²) in [7, 11) is 0. The van der Waals surface area contributed by atoms with Crippen LogP contribution in [0.5, 0.6) is 0 Å². The third-order valence-corrected chi connectivity index (χ3v) is 2.66. The van der Waals surface area contributed by atoms with Crippen molar-refractivity contribution < 1.29 is 9.90 Å². The summed E-state index contributed by atoms with van der Waals surface area (Å²) in [6.45, 7) is 0.160. The molecule has 0 aliphatic carbocycles. The lowest BCUT2D eigenvalue weighted by atomic mass is 10.0. The number of anilines is 1. The Kier molecular flexibility index (Phi) is 4.53. The van der Waals surface area contributed by atoms with Crippen molar-refractivity contribution in [1.82, 2.24) is 5.32 Å². The van der Waals surface area contributed by atoms with Gasteiger partial charge in [-0.2, -0.15) is 0 Å². The third kappa shape index (κ3) is 3.56. The fourth-order valence-electron chi connectivity index (χ4n) is 1.80. The molecule has 0 spiro atoms. The SMILES string of the molecule is O=C(NCCO)Nc1ccccc1-c1ccccc1. The molecule has 0 heterocycles. The number of carbonyl (C=O) groups is 1. The van der Waals surface area contributed by atoms with Crippen LogP contribution in [0.15, 0.2) is 54.6 Å². The fourth-order valence-corrected chi connectivity index (χ4v) is 1.80. The van der Waals surface area contributed by atoms with E-state index in [0.29, 0.717) is 0 Å². The lowest BCUT2D eigenvalue weighted by Crippen LogP contribution is -2.31. The van der Waals surface area contributed by atoms with E-state index in [1.54, 1.807) is 0 Å². The second kappa shape index (κ2) is 6.56. The summed E-state index contributed by atoms with van der Waals surface area (Å²) in [4.78, 5) is 11.6. The molecule has 2 aromatic carbocycles. The van der Waals surface area contributed by atoms with E-state index < -0.39 is 0 Å². The van der Waals surface area contributed by atoms with Crippen molar-refractivity contribution in [1.29, 1.82) is 0 Å².